The molecule has 3 heteroatoms. The van der Waals surface area contributed by atoms with Gasteiger partial charge in [0.2, 0.25) is 0 Å². The van der Waals surface area contributed by atoms with E-state index in [1.54, 1.807) is 0 Å². The summed E-state index contributed by atoms with van der Waals surface area (Å²) in [5.41, 5.74) is 0. The number of unbranched alkanes of at least 4 members (excludes halogenated alkanes) is 2. The summed E-state index contributed by atoms with van der Waals surface area (Å²) in [5, 5.41) is 0.280. The molecule has 0 amide bonds. The van der Waals surface area contributed by atoms with Crippen molar-refractivity contribution in [2.75, 3.05) is 5.88 Å². The minimum Gasteiger partial charge on any atom is -0.413 e. The molecule has 0 N–H and O–H groups in total. The maximum atomic E-state index is 6.31. The summed E-state index contributed by atoms with van der Waals surface area (Å²) in [6, 6.07) is 0. The van der Waals surface area contributed by atoms with Crippen LogP contribution >= 0.6 is 11.6 Å². The van der Waals surface area contributed by atoms with Gasteiger partial charge < -0.3 is 4.43 Å². The first-order valence-corrected chi connectivity index (χ1v) is 9.92. The zero-order valence-electron chi connectivity index (χ0n) is 11.9. The van der Waals surface area contributed by atoms with Crippen molar-refractivity contribution in [3.8, 4) is 0 Å². The van der Waals surface area contributed by atoms with Crippen molar-refractivity contribution in [2.45, 2.75) is 77.6 Å². The Hall–Kier alpha value is 0.467. The third kappa shape index (κ3) is 5.69. The average Bonchev–Trinajstić information content (AvgIpc) is 2.14. The summed E-state index contributed by atoms with van der Waals surface area (Å²) >= 11 is 6.00. The molecule has 16 heavy (non-hydrogen) atoms. The topological polar surface area (TPSA) is 9.23 Å². The van der Waals surface area contributed by atoms with Gasteiger partial charge in [0.05, 0.1) is 6.10 Å². The minimum atomic E-state index is -1.63. The summed E-state index contributed by atoms with van der Waals surface area (Å²) in [6.07, 6.45) is 5.16. The lowest BCUT2D eigenvalue weighted by Crippen LogP contribution is -2.44. The average molecular weight is 265 g/mol. The van der Waals surface area contributed by atoms with E-state index in [1.165, 1.54) is 19.3 Å². The van der Waals surface area contributed by atoms with E-state index in [0.29, 0.717) is 5.88 Å². The summed E-state index contributed by atoms with van der Waals surface area (Å²) in [7, 11) is -1.63. The van der Waals surface area contributed by atoms with Crippen molar-refractivity contribution in [1.82, 2.24) is 0 Å². The quantitative estimate of drug-likeness (QED) is 0.349. The van der Waals surface area contributed by atoms with Gasteiger partial charge in [-0.15, -0.1) is 11.6 Å². The van der Waals surface area contributed by atoms with Crippen LogP contribution in [0, 0.1) is 0 Å². The third-order valence-electron chi connectivity index (χ3n) is 3.57. The fourth-order valence-corrected chi connectivity index (χ4v) is 3.09. The zero-order valence-corrected chi connectivity index (χ0v) is 13.7. The van der Waals surface area contributed by atoms with Crippen LogP contribution in [0.5, 0.6) is 0 Å². The van der Waals surface area contributed by atoms with Crippen LogP contribution in [0.3, 0.4) is 0 Å². The fourth-order valence-electron chi connectivity index (χ4n) is 1.38. The summed E-state index contributed by atoms with van der Waals surface area (Å²) in [4.78, 5) is 0. The predicted octanol–water partition coefficient (Wildman–Crippen LogP) is 5.20. The maximum absolute atomic E-state index is 6.31. The molecule has 0 aliphatic rings. The smallest absolute Gasteiger partial charge is 0.192 e. The molecule has 0 rings (SSSR count). The lowest BCUT2D eigenvalue weighted by molar-refractivity contribution is 0.188. The second-order valence-corrected chi connectivity index (χ2v) is 11.2. The highest BCUT2D eigenvalue weighted by Gasteiger charge is 2.38. The highest BCUT2D eigenvalue weighted by atomic mass is 35.5. The van der Waals surface area contributed by atoms with E-state index in [9.17, 15) is 0 Å². The van der Waals surface area contributed by atoms with Crippen molar-refractivity contribution in [3.05, 3.63) is 0 Å². The molecule has 0 heterocycles. The van der Waals surface area contributed by atoms with Gasteiger partial charge in [0.15, 0.2) is 8.32 Å². The van der Waals surface area contributed by atoms with E-state index in [0.717, 1.165) is 6.42 Å². The Kier molecular flexibility index (Phi) is 7.23. The van der Waals surface area contributed by atoms with Crippen LogP contribution in [0.25, 0.3) is 0 Å². The number of hydrogen-bond donors (Lipinski definition) is 0. The van der Waals surface area contributed by atoms with E-state index < -0.39 is 8.32 Å². The van der Waals surface area contributed by atoms with E-state index in [2.05, 4.69) is 40.8 Å². The first-order chi connectivity index (χ1) is 7.24. The molecule has 0 aromatic carbocycles. The lowest BCUT2D eigenvalue weighted by Gasteiger charge is -2.39. The highest BCUT2D eigenvalue weighted by Crippen LogP contribution is 2.37. The largest absolute Gasteiger partial charge is 0.413 e. The van der Waals surface area contributed by atoms with Crippen molar-refractivity contribution < 1.29 is 4.43 Å². The van der Waals surface area contributed by atoms with Crippen LogP contribution < -0.4 is 0 Å². The lowest BCUT2D eigenvalue weighted by atomic mass is 10.1. The van der Waals surface area contributed by atoms with Gasteiger partial charge >= 0.3 is 0 Å². The molecule has 0 aromatic rings. The van der Waals surface area contributed by atoms with Crippen molar-refractivity contribution in [3.63, 3.8) is 0 Å². The molecule has 0 unspecified atom stereocenters. The molecular formula is C13H29ClOSi. The van der Waals surface area contributed by atoms with Crippen LogP contribution in [0.4, 0.5) is 0 Å². The Labute approximate surface area is 108 Å². The van der Waals surface area contributed by atoms with Gasteiger partial charge in [0.25, 0.3) is 0 Å². The molecule has 0 spiro atoms. The molecule has 0 fully saturated rings. The molecule has 98 valence electrons. The van der Waals surface area contributed by atoms with Crippen LogP contribution in [-0.2, 0) is 4.43 Å². The Morgan fingerprint density at radius 1 is 1.19 bits per heavy atom. The van der Waals surface area contributed by atoms with Gasteiger partial charge in [0, 0.05) is 5.88 Å². The molecule has 1 nitrogen and oxygen atoms in total. The second kappa shape index (κ2) is 7.02. The van der Waals surface area contributed by atoms with Crippen LogP contribution in [0.1, 0.15) is 53.4 Å². The SMILES string of the molecule is CCCCC[C@@H](CCl)O[Si](C)(C)C(C)(C)C. The summed E-state index contributed by atoms with van der Waals surface area (Å²) in [5.74, 6) is 0.635. The molecule has 0 saturated carbocycles. The normalized spacial score (nSPS) is 15.2. The number of hydrogen-bond acceptors (Lipinski definition) is 1. The monoisotopic (exact) mass is 264 g/mol. The third-order valence-corrected chi connectivity index (χ3v) is 8.45. The molecule has 0 radical (unpaired) electrons. The van der Waals surface area contributed by atoms with Crippen LogP contribution in [0.2, 0.25) is 18.1 Å². The van der Waals surface area contributed by atoms with Crippen molar-refractivity contribution in [1.29, 1.82) is 0 Å². The van der Waals surface area contributed by atoms with E-state index >= 15 is 0 Å². The molecular weight excluding hydrogens is 236 g/mol. The van der Waals surface area contributed by atoms with Crippen molar-refractivity contribution >= 4 is 19.9 Å². The summed E-state index contributed by atoms with van der Waals surface area (Å²) < 4.78 is 6.31. The molecule has 0 bridgehead atoms. The highest BCUT2D eigenvalue weighted by molar-refractivity contribution is 6.74. The molecule has 1 atom stereocenters. The standard InChI is InChI=1S/C13H29ClOSi/c1-7-8-9-10-12(11-14)15-16(5,6)13(2,3)4/h12H,7-11H2,1-6H3/t12-/m0/s1. The molecule has 0 aromatic heterocycles. The predicted molar refractivity (Wildman–Crippen MR) is 76.9 cm³/mol. The number of rotatable bonds is 7. The van der Waals surface area contributed by atoms with E-state index in [-0.39, 0.29) is 11.1 Å². The van der Waals surface area contributed by atoms with Crippen molar-refractivity contribution in [2.24, 2.45) is 0 Å². The molecule has 0 aliphatic carbocycles. The van der Waals surface area contributed by atoms with E-state index in [4.69, 9.17) is 16.0 Å². The van der Waals surface area contributed by atoms with Gasteiger partial charge in [-0.25, -0.2) is 0 Å². The van der Waals surface area contributed by atoms with E-state index in [1.807, 2.05) is 0 Å². The van der Waals surface area contributed by atoms with Gasteiger partial charge in [-0.2, -0.15) is 0 Å². The molecule has 0 aliphatic heterocycles. The van der Waals surface area contributed by atoms with Crippen LogP contribution in [0.15, 0.2) is 0 Å². The maximum Gasteiger partial charge on any atom is 0.192 e. The molecule has 0 saturated heterocycles. The van der Waals surface area contributed by atoms with Gasteiger partial charge in [-0.3, -0.25) is 0 Å². The number of alkyl halides is 1. The Balaban J connectivity index is 4.20. The van der Waals surface area contributed by atoms with Crippen LogP contribution in [-0.4, -0.2) is 20.3 Å². The fraction of sp³-hybridized carbons (Fsp3) is 1.00. The number of halogens is 1. The minimum absolute atomic E-state index is 0.258. The first kappa shape index (κ1) is 16.5. The van der Waals surface area contributed by atoms with Gasteiger partial charge in [-0.1, -0.05) is 47.0 Å². The summed E-state index contributed by atoms with van der Waals surface area (Å²) in [6.45, 7) is 13.6. The van der Waals surface area contributed by atoms with Gasteiger partial charge in [-0.05, 0) is 24.6 Å². The zero-order chi connectivity index (χ0) is 12.8. The second-order valence-electron chi connectivity index (χ2n) is 6.15. The Morgan fingerprint density at radius 2 is 1.75 bits per heavy atom. The Morgan fingerprint density at radius 3 is 2.12 bits per heavy atom. The Bertz CT molecular complexity index is 187. The van der Waals surface area contributed by atoms with Gasteiger partial charge in [0.1, 0.15) is 0 Å². The first-order valence-electron chi connectivity index (χ1n) is 6.48.